The first-order chi connectivity index (χ1) is 8.72. The largest absolute Gasteiger partial charge is 0.305 e. The van der Waals surface area contributed by atoms with Gasteiger partial charge in [-0.05, 0) is 37.6 Å². The number of benzene rings is 1. The lowest BCUT2D eigenvalue weighted by atomic mass is 9.96. The van der Waals surface area contributed by atoms with Crippen molar-refractivity contribution in [2.45, 2.75) is 26.8 Å². The number of aryl methyl sites for hydroxylation is 2. The molecule has 0 aliphatic rings. The summed E-state index contributed by atoms with van der Waals surface area (Å²) in [6.45, 7) is 7.27. The topological polar surface area (TPSA) is 37.8 Å². The summed E-state index contributed by atoms with van der Waals surface area (Å²) in [5.41, 5.74) is 4.86. The standard InChI is InChI=1S/C15H19N3/c1-4-17-15(14-7-8-16-10-18-14)13-9-11(2)5-6-12(13)3/h5-10,15,17H,4H2,1-3H3. The predicted octanol–water partition coefficient (Wildman–Crippen LogP) is 2.79. The van der Waals surface area contributed by atoms with Gasteiger partial charge < -0.3 is 5.32 Å². The van der Waals surface area contributed by atoms with Crippen LogP contribution >= 0.6 is 0 Å². The van der Waals surface area contributed by atoms with E-state index in [4.69, 9.17) is 0 Å². The molecule has 0 saturated carbocycles. The van der Waals surface area contributed by atoms with Crippen molar-refractivity contribution < 1.29 is 0 Å². The number of hydrogen-bond acceptors (Lipinski definition) is 3. The molecule has 1 heterocycles. The molecule has 0 amide bonds. The van der Waals surface area contributed by atoms with E-state index in [2.05, 4.69) is 54.3 Å². The highest BCUT2D eigenvalue weighted by Gasteiger charge is 2.16. The Labute approximate surface area is 108 Å². The van der Waals surface area contributed by atoms with E-state index in [0.29, 0.717) is 0 Å². The summed E-state index contributed by atoms with van der Waals surface area (Å²) >= 11 is 0. The van der Waals surface area contributed by atoms with Crippen molar-refractivity contribution in [1.82, 2.24) is 15.3 Å². The van der Waals surface area contributed by atoms with E-state index in [9.17, 15) is 0 Å². The van der Waals surface area contributed by atoms with Crippen molar-refractivity contribution in [3.05, 3.63) is 59.2 Å². The first kappa shape index (κ1) is 12.7. The van der Waals surface area contributed by atoms with Crippen LogP contribution in [0.4, 0.5) is 0 Å². The second-order valence-corrected chi connectivity index (χ2v) is 4.48. The summed E-state index contributed by atoms with van der Waals surface area (Å²) < 4.78 is 0. The zero-order chi connectivity index (χ0) is 13.0. The molecule has 1 aromatic carbocycles. The molecule has 0 aliphatic carbocycles. The molecule has 3 heteroatoms. The molecule has 3 nitrogen and oxygen atoms in total. The van der Waals surface area contributed by atoms with Crippen LogP contribution in [0.1, 0.15) is 35.3 Å². The smallest absolute Gasteiger partial charge is 0.115 e. The maximum Gasteiger partial charge on any atom is 0.115 e. The fourth-order valence-corrected chi connectivity index (χ4v) is 2.12. The highest BCUT2D eigenvalue weighted by molar-refractivity contribution is 5.37. The molecular weight excluding hydrogens is 222 g/mol. The minimum absolute atomic E-state index is 0.137. The Kier molecular flexibility index (Phi) is 4.05. The third-order valence-electron chi connectivity index (χ3n) is 3.05. The quantitative estimate of drug-likeness (QED) is 0.894. The summed E-state index contributed by atoms with van der Waals surface area (Å²) in [5.74, 6) is 0. The molecule has 18 heavy (non-hydrogen) atoms. The Hall–Kier alpha value is -1.74. The number of rotatable bonds is 4. The van der Waals surface area contributed by atoms with Crippen LogP contribution in [-0.4, -0.2) is 16.5 Å². The molecule has 0 radical (unpaired) electrons. The number of nitrogens with one attached hydrogen (secondary N) is 1. The molecule has 0 spiro atoms. The van der Waals surface area contributed by atoms with Gasteiger partial charge in [0.25, 0.3) is 0 Å². The summed E-state index contributed by atoms with van der Waals surface area (Å²) in [7, 11) is 0. The minimum Gasteiger partial charge on any atom is -0.305 e. The molecule has 1 atom stereocenters. The number of nitrogens with zero attached hydrogens (tertiary/aromatic N) is 2. The van der Waals surface area contributed by atoms with Crippen LogP contribution in [0.15, 0.2) is 36.8 Å². The molecule has 2 aromatic rings. The van der Waals surface area contributed by atoms with Gasteiger partial charge in [-0.25, -0.2) is 9.97 Å². The van der Waals surface area contributed by atoms with E-state index in [1.807, 2.05) is 6.07 Å². The Morgan fingerprint density at radius 3 is 2.72 bits per heavy atom. The lowest BCUT2D eigenvalue weighted by Gasteiger charge is -2.20. The second kappa shape index (κ2) is 5.74. The highest BCUT2D eigenvalue weighted by atomic mass is 14.9. The van der Waals surface area contributed by atoms with E-state index in [-0.39, 0.29) is 6.04 Å². The fraction of sp³-hybridized carbons (Fsp3) is 0.333. The Morgan fingerprint density at radius 2 is 2.06 bits per heavy atom. The number of aromatic nitrogens is 2. The van der Waals surface area contributed by atoms with Gasteiger partial charge in [-0.3, -0.25) is 0 Å². The van der Waals surface area contributed by atoms with Gasteiger partial charge >= 0.3 is 0 Å². The first-order valence-electron chi connectivity index (χ1n) is 6.28. The summed E-state index contributed by atoms with van der Waals surface area (Å²) in [4.78, 5) is 8.35. The molecule has 0 aliphatic heterocycles. The molecule has 0 fully saturated rings. The van der Waals surface area contributed by atoms with Gasteiger partial charge in [0, 0.05) is 6.20 Å². The van der Waals surface area contributed by atoms with E-state index < -0.39 is 0 Å². The van der Waals surface area contributed by atoms with Crippen LogP contribution < -0.4 is 5.32 Å². The van der Waals surface area contributed by atoms with Crippen LogP contribution in [-0.2, 0) is 0 Å². The Morgan fingerprint density at radius 1 is 1.22 bits per heavy atom. The Bertz CT molecular complexity index is 508. The maximum absolute atomic E-state index is 4.37. The van der Waals surface area contributed by atoms with E-state index >= 15 is 0 Å². The molecule has 0 bridgehead atoms. The zero-order valence-electron chi connectivity index (χ0n) is 11.1. The van der Waals surface area contributed by atoms with Gasteiger partial charge in [0.05, 0.1) is 11.7 Å². The van der Waals surface area contributed by atoms with Gasteiger partial charge in [0.15, 0.2) is 0 Å². The predicted molar refractivity (Wildman–Crippen MR) is 73.5 cm³/mol. The molecule has 2 rings (SSSR count). The van der Waals surface area contributed by atoms with E-state index in [1.165, 1.54) is 16.7 Å². The van der Waals surface area contributed by atoms with Crippen molar-refractivity contribution >= 4 is 0 Å². The molecular formula is C15H19N3. The van der Waals surface area contributed by atoms with Crippen molar-refractivity contribution in [1.29, 1.82) is 0 Å². The molecule has 1 unspecified atom stereocenters. The Balaban J connectivity index is 2.44. The molecule has 94 valence electrons. The molecule has 0 saturated heterocycles. The number of hydrogen-bond donors (Lipinski definition) is 1. The van der Waals surface area contributed by atoms with Crippen LogP contribution in [0.3, 0.4) is 0 Å². The van der Waals surface area contributed by atoms with Gasteiger partial charge in [0.1, 0.15) is 6.33 Å². The van der Waals surface area contributed by atoms with Gasteiger partial charge in [-0.15, -0.1) is 0 Å². The van der Waals surface area contributed by atoms with Crippen molar-refractivity contribution in [3.63, 3.8) is 0 Å². The van der Waals surface area contributed by atoms with Gasteiger partial charge in [-0.1, -0.05) is 30.7 Å². The van der Waals surface area contributed by atoms with Crippen LogP contribution in [0.2, 0.25) is 0 Å². The monoisotopic (exact) mass is 241 g/mol. The normalized spacial score (nSPS) is 12.4. The lowest BCUT2D eigenvalue weighted by Crippen LogP contribution is -2.23. The van der Waals surface area contributed by atoms with Crippen molar-refractivity contribution in [2.75, 3.05) is 6.54 Å². The summed E-state index contributed by atoms with van der Waals surface area (Å²) in [6, 6.07) is 8.63. The second-order valence-electron chi connectivity index (χ2n) is 4.48. The zero-order valence-corrected chi connectivity index (χ0v) is 11.1. The van der Waals surface area contributed by atoms with Crippen LogP contribution in [0.5, 0.6) is 0 Å². The third kappa shape index (κ3) is 2.74. The summed E-state index contributed by atoms with van der Waals surface area (Å²) in [5, 5.41) is 3.49. The molecule has 1 N–H and O–H groups in total. The minimum atomic E-state index is 0.137. The first-order valence-corrected chi connectivity index (χ1v) is 6.28. The lowest BCUT2D eigenvalue weighted by molar-refractivity contribution is 0.610. The van der Waals surface area contributed by atoms with Gasteiger partial charge in [0.2, 0.25) is 0 Å². The fourth-order valence-electron chi connectivity index (χ4n) is 2.12. The maximum atomic E-state index is 4.37. The molecule has 1 aromatic heterocycles. The average Bonchev–Trinajstić information content (AvgIpc) is 2.40. The van der Waals surface area contributed by atoms with E-state index in [0.717, 1.165) is 12.2 Å². The van der Waals surface area contributed by atoms with Gasteiger partial charge in [-0.2, -0.15) is 0 Å². The van der Waals surface area contributed by atoms with Crippen LogP contribution in [0.25, 0.3) is 0 Å². The van der Waals surface area contributed by atoms with E-state index in [1.54, 1.807) is 12.5 Å². The SMILES string of the molecule is CCNC(c1ccncn1)c1cc(C)ccc1C. The van der Waals surface area contributed by atoms with Crippen molar-refractivity contribution in [3.8, 4) is 0 Å². The average molecular weight is 241 g/mol. The van der Waals surface area contributed by atoms with Crippen LogP contribution in [0, 0.1) is 13.8 Å². The van der Waals surface area contributed by atoms with Crippen molar-refractivity contribution in [2.24, 2.45) is 0 Å². The third-order valence-corrected chi connectivity index (χ3v) is 3.05. The summed E-state index contributed by atoms with van der Waals surface area (Å²) in [6.07, 6.45) is 3.39. The highest BCUT2D eigenvalue weighted by Crippen LogP contribution is 2.24.